The lowest BCUT2D eigenvalue weighted by molar-refractivity contribution is -0.145. The lowest BCUT2D eigenvalue weighted by Gasteiger charge is -2.27. The van der Waals surface area contributed by atoms with E-state index in [1.54, 1.807) is 0 Å². The Labute approximate surface area is 108 Å². The Kier molecular flexibility index (Phi) is 6.92. The van der Waals surface area contributed by atoms with Crippen LogP contribution in [0.4, 0.5) is 0 Å². The molecule has 1 heterocycles. The van der Waals surface area contributed by atoms with E-state index in [2.05, 4.69) is 10.2 Å². The fraction of sp³-hybridized carbons (Fsp3) is 0.917. The molecule has 0 aromatic rings. The minimum atomic E-state index is -0.139. The maximum absolute atomic E-state index is 11.3. The Morgan fingerprint density at radius 2 is 2.06 bits per heavy atom. The SMILES string of the molecule is COC(=O)C(C)C(C)NCCN1CCSCC1. The fourth-order valence-electron chi connectivity index (χ4n) is 1.84. The van der Waals surface area contributed by atoms with E-state index in [1.165, 1.54) is 31.7 Å². The van der Waals surface area contributed by atoms with Crippen LogP contribution in [-0.2, 0) is 9.53 Å². The molecular formula is C12H24N2O2S. The predicted octanol–water partition coefficient (Wildman–Crippen LogP) is 0.822. The first-order valence-corrected chi connectivity index (χ1v) is 7.42. The molecule has 0 aromatic carbocycles. The van der Waals surface area contributed by atoms with Gasteiger partial charge in [-0.3, -0.25) is 4.79 Å². The summed E-state index contributed by atoms with van der Waals surface area (Å²) in [5, 5.41) is 3.40. The maximum Gasteiger partial charge on any atom is 0.309 e. The maximum atomic E-state index is 11.3. The summed E-state index contributed by atoms with van der Waals surface area (Å²) in [6, 6.07) is 0.168. The molecule has 0 bridgehead atoms. The highest BCUT2D eigenvalue weighted by molar-refractivity contribution is 7.99. The van der Waals surface area contributed by atoms with E-state index >= 15 is 0 Å². The van der Waals surface area contributed by atoms with Gasteiger partial charge in [0.2, 0.25) is 0 Å². The number of thioether (sulfide) groups is 1. The van der Waals surface area contributed by atoms with Crippen molar-refractivity contribution >= 4 is 17.7 Å². The van der Waals surface area contributed by atoms with E-state index in [9.17, 15) is 4.79 Å². The summed E-state index contributed by atoms with van der Waals surface area (Å²) in [6.45, 7) is 8.32. The number of methoxy groups -OCH3 is 1. The van der Waals surface area contributed by atoms with Crippen LogP contribution in [0.5, 0.6) is 0 Å². The highest BCUT2D eigenvalue weighted by Crippen LogP contribution is 2.08. The van der Waals surface area contributed by atoms with Crippen LogP contribution in [0.25, 0.3) is 0 Å². The van der Waals surface area contributed by atoms with Crippen LogP contribution in [0, 0.1) is 5.92 Å². The Balaban J connectivity index is 2.14. The van der Waals surface area contributed by atoms with Crippen molar-refractivity contribution in [3.8, 4) is 0 Å². The number of carbonyl (C=O) groups is 1. The van der Waals surface area contributed by atoms with Gasteiger partial charge in [0.15, 0.2) is 0 Å². The van der Waals surface area contributed by atoms with Gasteiger partial charge in [-0.1, -0.05) is 6.92 Å². The molecule has 100 valence electrons. The topological polar surface area (TPSA) is 41.6 Å². The average Bonchev–Trinajstić information content (AvgIpc) is 2.38. The van der Waals surface area contributed by atoms with Crippen LogP contribution in [0.1, 0.15) is 13.8 Å². The Hall–Kier alpha value is -0.260. The highest BCUT2D eigenvalue weighted by atomic mass is 32.2. The Morgan fingerprint density at radius 3 is 2.65 bits per heavy atom. The number of rotatable bonds is 6. The third-order valence-electron chi connectivity index (χ3n) is 3.32. The zero-order valence-corrected chi connectivity index (χ0v) is 11.9. The van der Waals surface area contributed by atoms with Crippen LogP contribution < -0.4 is 5.32 Å². The van der Waals surface area contributed by atoms with E-state index in [0.29, 0.717) is 0 Å². The second kappa shape index (κ2) is 7.95. The number of nitrogens with zero attached hydrogens (tertiary/aromatic N) is 1. The number of ether oxygens (including phenoxy) is 1. The smallest absolute Gasteiger partial charge is 0.309 e. The minimum absolute atomic E-state index is 0.0862. The summed E-state index contributed by atoms with van der Waals surface area (Å²) < 4.78 is 4.74. The van der Waals surface area contributed by atoms with Gasteiger partial charge in [0.1, 0.15) is 0 Å². The molecule has 0 saturated carbocycles. The van der Waals surface area contributed by atoms with Crippen LogP contribution >= 0.6 is 11.8 Å². The van der Waals surface area contributed by atoms with E-state index in [4.69, 9.17) is 4.74 Å². The lowest BCUT2D eigenvalue weighted by atomic mass is 10.0. The molecule has 2 atom stereocenters. The quantitative estimate of drug-likeness (QED) is 0.716. The standard InChI is InChI=1S/C12H24N2O2S/c1-10(12(15)16-3)11(2)13-4-5-14-6-8-17-9-7-14/h10-11,13H,4-9H2,1-3H3. The number of hydrogen-bond acceptors (Lipinski definition) is 5. The van der Waals surface area contributed by atoms with Crippen molar-refractivity contribution in [2.75, 3.05) is 44.8 Å². The summed E-state index contributed by atoms with van der Waals surface area (Å²) in [4.78, 5) is 13.8. The highest BCUT2D eigenvalue weighted by Gasteiger charge is 2.20. The van der Waals surface area contributed by atoms with Crippen molar-refractivity contribution in [3.05, 3.63) is 0 Å². The first-order valence-electron chi connectivity index (χ1n) is 6.26. The van der Waals surface area contributed by atoms with Gasteiger partial charge < -0.3 is 15.0 Å². The first kappa shape index (κ1) is 14.8. The average molecular weight is 260 g/mol. The van der Waals surface area contributed by atoms with Crippen molar-refractivity contribution < 1.29 is 9.53 Å². The molecule has 17 heavy (non-hydrogen) atoms. The molecule has 0 radical (unpaired) electrons. The van der Waals surface area contributed by atoms with Gasteiger partial charge in [-0.15, -0.1) is 0 Å². The van der Waals surface area contributed by atoms with Crippen molar-refractivity contribution in [2.45, 2.75) is 19.9 Å². The van der Waals surface area contributed by atoms with Crippen molar-refractivity contribution in [3.63, 3.8) is 0 Å². The summed E-state index contributed by atoms with van der Waals surface area (Å²) >= 11 is 2.03. The van der Waals surface area contributed by atoms with Crippen LogP contribution in [0.2, 0.25) is 0 Å². The normalized spacial score (nSPS) is 20.9. The largest absolute Gasteiger partial charge is 0.469 e. The van der Waals surface area contributed by atoms with E-state index in [0.717, 1.165) is 13.1 Å². The first-order chi connectivity index (χ1) is 8.15. The van der Waals surface area contributed by atoms with Crippen LogP contribution in [0.3, 0.4) is 0 Å². The Bertz CT molecular complexity index is 233. The minimum Gasteiger partial charge on any atom is -0.469 e. The molecular weight excluding hydrogens is 236 g/mol. The molecule has 1 rings (SSSR count). The molecule has 0 aliphatic carbocycles. The number of hydrogen-bond donors (Lipinski definition) is 1. The van der Waals surface area contributed by atoms with Gasteiger partial charge in [-0.2, -0.15) is 11.8 Å². The molecule has 0 spiro atoms. The predicted molar refractivity (Wildman–Crippen MR) is 72.4 cm³/mol. The molecule has 0 aromatic heterocycles. The van der Waals surface area contributed by atoms with Gasteiger partial charge in [-0.25, -0.2) is 0 Å². The molecule has 1 fully saturated rings. The van der Waals surface area contributed by atoms with Gasteiger partial charge >= 0.3 is 5.97 Å². The molecule has 0 amide bonds. The third kappa shape index (κ3) is 5.27. The monoisotopic (exact) mass is 260 g/mol. The number of nitrogens with one attached hydrogen (secondary N) is 1. The van der Waals surface area contributed by atoms with Gasteiger partial charge in [-0.05, 0) is 6.92 Å². The molecule has 1 N–H and O–H groups in total. The second-order valence-corrected chi connectivity index (χ2v) is 5.73. The number of carbonyl (C=O) groups excluding carboxylic acids is 1. The van der Waals surface area contributed by atoms with Gasteiger partial charge in [0, 0.05) is 43.7 Å². The summed E-state index contributed by atoms with van der Waals surface area (Å²) in [6.07, 6.45) is 0. The molecule has 2 unspecified atom stereocenters. The summed E-state index contributed by atoms with van der Waals surface area (Å²) in [5.41, 5.74) is 0. The van der Waals surface area contributed by atoms with E-state index in [-0.39, 0.29) is 17.9 Å². The second-order valence-electron chi connectivity index (χ2n) is 4.51. The Morgan fingerprint density at radius 1 is 1.41 bits per heavy atom. The summed E-state index contributed by atoms with van der Waals surface area (Å²) in [5.74, 6) is 2.26. The zero-order valence-electron chi connectivity index (χ0n) is 11.1. The zero-order chi connectivity index (χ0) is 12.7. The molecule has 4 nitrogen and oxygen atoms in total. The van der Waals surface area contributed by atoms with Crippen molar-refractivity contribution in [2.24, 2.45) is 5.92 Å². The summed E-state index contributed by atoms with van der Waals surface area (Å²) in [7, 11) is 1.44. The lowest BCUT2D eigenvalue weighted by Crippen LogP contribution is -2.43. The molecule has 1 saturated heterocycles. The van der Waals surface area contributed by atoms with Crippen LogP contribution in [-0.4, -0.2) is 61.7 Å². The van der Waals surface area contributed by atoms with Gasteiger partial charge in [0.25, 0.3) is 0 Å². The molecule has 5 heteroatoms. The van der Waals surface area contributed by atoms with Gasteiger partial charge in [0.05, 0.1) is 13.0 Å². The van der Waals surface area contributed by atoms with Crippen LogP contribution in [0.15, 0.2) is 0 Å². The van der Waals surface area contributed by atoms with E-state index in [1.807, 2.05) is 25.6 Å². The van der Waals surface area contributed by atoms with Crippen molar-refractivity contribution in [1.82, 2.24) is 10.2 Å². The molecule has 1 aliphatic heterocycles. The van der Waals surface area contributed by atoms with E-state index < -0.39 is 0 Å². The molecule has 1 aliphatic rings. The third-order valence-corrected chi connectivity index (χ3v) is 4.26. The van der Waals surface area contributed by atoms with Crippen molar-refractivity contribution in [1.29, 1.82) is 0 Å². The fourth-order valence-corrected chi connectivity index (χ4v) is 2.82. The number of esters is 1.